The Morgan fingerprint density at radius 1 is 1.21 bits per heavy atom. The molecule has 0 aliphatic rings. The third-order valence-corrected chi connectivity index (χ3v) is 3.34. The molecule has 1 N–H and O–H groups in total. The van der Waals surface area contributed by atoms with Gasteiger partial charge in [-0.25, -0.2) is 0 Å². The monoisotopic (exact) mass is 256 g/mol. The van der Waals surface area contributed by atoms with Crippen molar-refractivity contribution in [3.63, 3.8) is 0 Å². The first-order chi connectivity index (χ1) is 8.93. The summed E-state index contributed by atoms with van der Waals surface area (Å²) < 4.78 is 0. The summed E-state index contributed by atoms with van der Waals surface area (Å²) in [5.41, 5.74) is 4.84. The summed E-state index contributed by atoms with van der Waals surface area (Å²) in [6, 6.07) is 8.63. The first-order valence-electron chi connectivity index (χ1n) is 7.08. The molecule has 0 spiro atoms. The zero-order valence-corrected chi connectivity index (χ0v) is 12.7. The summed E-state index contributed by atoms with van der Waals surface area (Å²) in [5, 5.41) is 4.75. The molecule has 2 nitrogen and oxygen atoms in total. The first kappa shape index (κ1) is 13.9. The number of hydrogen-bond donors (Lipinski definition) is 1. The number of anilines is 1. The Labute approximate surface area is 116 Å². The molecule has 0 radical (unpaired) electrons. The van der Waals surface area contributed by atoms with Gasteiger partial charge in [-0.15, -0.1) is 0 Å². The number of para-hydroxylation sites is 1. The Morgan fingerprint density at radius 3 is 2.58 bits per heavy atom. The largest absolute Gasteiger partial charge is 0.384 e. The highest BCUT2D eigenvalue weighted by Gasteiger charge is 2.18. The molecular formula is C17H24N2. The van der Waals surface area contributed by atoms with Gasteiger partial charge in [0.2, 0.25) is 0 Å². The van der Waals surface area contributed by atoms with Gasteiger partial charge in [0, 0.05) is 23.3 Å². The lowest BCUT2D eigenvalue weighted by atomic mass is 9.85. The number of nitrogens with zero attached hydrogens (tertiary/aromatic N) is 1. The fourth-order valence-electron chi connectivity index (χ4n) is 2.39. The third kappa shape index (κ3) is 2.89. The van der Waals surface area contributed by atoms with Crippen LogP contribution in [0.1, 0.15) is 45.4 Å². The highest BCUT2D eigenvalue weighted by molar-refractivity contribution is 5.94. The minimum Gasteiger partial charge on any atom is -0.384 e. The Bertz CT molecular complexity index is 580. The van der Waals surface area contributed by atoms with Gasteiger partial charge in [-0.1, -0.05) is 45.9 Å². The summed E-state index contributed by atoms with van der Waals surface area (Å²) >= 11 is 0. The zero-order valence-electron chi connectivity index (χ0n) is 12.7. The topological polar surface area (TPSA) is 24.9 Å². The second kappa shape index (κ2) is 5.20. The van der Waals surface area contributed by atoms with Crippen LogP contribution >= 0.6 is 0 Å². The SMILES string of the molecule is CCCNc1cc(C)nc2c(C(C)(C)C)cccc12. The Kier molecular flexibility index (Phi) is 3.79. The standard InChI is InChI=1S/C17H24N2/c1-6-10-18-15-11-12(2)19-16-13(15)8-7-9-14(16)17(3,4)5/h7-9,11H,6,10H2,1-5H3,(H,18,19). The lowest BCUT2D eigenvalue weighted by molar-refractivity contribution is 0.594. The van der Waals surface area contributed by atoms with E-state index in [0.717, 1.165) is 24.2 Å². The fourth-order valence-corrected chi connectivity index (χ4v) is 2.39. The summed E-state index contributed by atoms with van der Waals surface area (Å²) in [4.78, 5) is 4.77. The van der Waals surface area contributed by atoms with Crippen LogP contribution in [0.4, 0.5) is 5.69 Å². The molecule has 0 unspecified atom stereocenters. The van der Waals surface area contributed by atoms with Crippen LogP contribution in [0.5, 0.6) is 0 Å². The van der Waals surface area contributed by atoms with E-state index in [9.17, 15) is 0 Å². The van der Waals surface area contributed by atoms with E-state index in [1.165, 1.54) is 16.6 Å². The van der Waals surface area contributed by atoms with Crippen LogP contribution in [-0.4, -0.2) is 11.5 Å². The molecule has 0 aliphatic heterocycles. The second-order valence-electron chi connectivity index (χ2n) is 6.19. The van der Waals surface area contributed by atoms with E-state index in [0.29, 0.717) is 0 Å². The van der Waals surface area contributed by atoms with Crippen molar-refractivity contribution >= 4 is 16.6 Å². The van der Waals surface area contributed by atoms with Crippen molar-refractivity contribution in [3.05, 3.63) is 35.5 Å². The quantitative estimate of drug-likeness (QED) is 0.863. The molecule has 2 aromatic rings. The molecule has 19 heavy (non-hydrogen) atoms. The van der Waals surface area contributed by atoms with Gasteiger partial charge in [-0.05, 0) is 30.4 Å². The first-order valence-corrected chi connectivity index (χ1v) is 7.08. The fraction of sp³-hybridized carbons (Fsp3) is 0.471. The number of benzene rings is 1. The molecule has 0 aliphatic carbocycles. The summed E-state index contributed by atoms with van der Waals surface area (Å²) in [5.74, 6) is 0. The van der Waals surface area contributed by atoms with Crippen LogP contribution in [0.25, 0.3) is 10.9 Å². The van der Waals surface area contributed by atoms with Crippen LogP contribution in [0.2, 0.25) is 0 Å². The predicted molar refractivity (Wildman–Crippen MR) is 84.0 cm³/mol. The normalized spacial score (nSPS) is 11.8. The number of pyridine rings is 1. The van der Waals surface area contributed by atoms with E-state index < -0.39 is 0 Å². The van der Waals surface area contributed by atoms with Crippen molar-refractivity contribution in [1.29, 1.82) is 0 Å². The highest BCUT2D eigenvalue weighted by atomic mass is 14.9. The molecule has 1 aromatic heterocycles. The molecule has 0 saturated heterocycles. The maximum absolute atomic E-state index is 4.77. The smallest absolute Gasteiger partial charge is 0.0763 e. The third-order valence-electron chi connectivity index (χ3n) is 3.34. The van der Waals surface area contributed by atoms with Crippen molar-refractivity contribution in [2.75, 3.05) is 11.9 Å². The number of rotatable bonds is 3. The summed E-state index contributed by atoms with van der Waals surface area (Å²) in [6.07, 6.45) is 1.13. The van der Waals surface area contributed by atoms with Gasteiger partial charge in [0.15, 0.2) is 0 Å². The molecule has 2 heteroatoms. The average Bonchev–Trinajstić information content (AvgIpc) is 2.33. The molecular weight excluding hydrogens is 232 g/mol. The number of aromatic nitrogens is 1. The van der Waals surface area contributed by atoms with Gasteiger partial charge in [0.25, 0.3) is 0 Å². The molecule has 1 heterocycles. The van der Waals surface area contributed by atoms with Crippen molar-refractivity contribution < 1.29 is 0 Å². The predicted octanol–water partition coefficient (Wildman–Crippen LogP) is 4.66. The van der Waals surface area contributed by atoms with Crippen LogP contribution in [0.15, 0.2) is 24.3 Å². The van der Waals surface area contributed by atoms with Crippen LogP contribution < -0.4 is 5.32 Å². The number of aryl methyl sites for hydroxylation is 1. The molecule has 102 valence electrons. The zero-order chi connectivity index (χ0) is 14.0. The Hall–Kier alpha value is -1.57. The highest BCUT2D eigenvalue weighted by Crippen LogP contribution is 2.32. The Morgan fingerprint density at radius 2 is 1.95 bits per heavy atom. The lowest BCUT2D eigenvalue weighted by Gasteiger charge is -2.22. The van der Waals surface area contributed by atoms with E-state index in [-0.39, 0.29) is 5.41 Å². The molecule has 1 aromatic carbocycles. The maximum atomic E-state index is 4.77. The lowest BCUT2D eigenvalue weighted by Crippen LogP contribution is -2.13. The minimum atomic E-state index is 0.113. The molecule has 0 fully saturated rings. The van der Waals surface area contributed by atoms with Crippen molar-refractivity contribution in [2.45, 2.75) is 46.5 Å². The van der Waals surface area contributed by atoms with Gasteiger partial charge in [0.1, 0.15) is 0 Å². The molecule has 0 bridgehead atoms. The van der Waals surface area contributed by atoms with E-state index >= 15 is 0 Å². The number of nitrogens with one attached hydrogen (secondary N) is 1. The average molecular weight is 256 g/mol. The van der Waals surface area contributed by atoms with Crippen LogP contribution in [0.3, 0.4) is 0 Å². The summed E-state index contributed by atoms with van der Waals surface area (Å²) in [6.45, 7) is 12.0. The van der Waals surface area contributed by atoms with Gasteiger partial charge < -0.3 is 5.32 Å². The van der Waals surface area contributed by atoms with Crippen molar-refractivity contribution in [3.8, 4) is 0 Å². The van der Waals surface area contributed by atoms with E-state index in [4.69, 9.17) is 4.98 Å². The van der Waals surface area contributed by atoms with E-state index in [1.807, 2.05) is 0 Å². The number of hydrogen-bond acceptors (Lipinski definition) is 2. The van der Waals surface area contributed by atoms with Gasteiger partial charge >= 0.3 is 0 Å². The van der Waals surface area contributed by atoms with Gasteiger partial charge in [-0.3, -0.25) is 4.98 Å². The second-order valence-corrected chi connectivity index (χ2v) is 6.19. The van der Waals surface area contributed by atoms with Gasteiger partial charge in [-0.2, -0.15) is 0 Å². The molecule has 2 rings (SSSR count). The number of fused-ring (bicyclic) bond motifs is 1. The van der Waals surface area contributed by atoms with E-state index in [2.05, 4.69) is 64.2 Å². The van der Waals surface area contributed by atoms with Crippen LogP contribution in [0, 0.1) is 6.92 Å². The minimum absolute atomic E-state index is 0.113. The van der Waals surface area contributed by atoms with Gasteiger partial charge in [0.05, 0.1) is 5.52 Å². The van der Waals surface area contributed by atoms with Crippen molar-refractivity contribution in [2.24, 2.45) is 0 Å². The van der Waals surface area contributed by atoms with Crippen molar-refractivity contribution in [1.82, 2.24) is 4.98 Å². The molecule has 0 atom stereocenters. The molecule has 0 saturated carbocycles. The Balaban J connectivity index is 2.66. The summed E-state index contributed by atoms with van der Waals surface area (Å²) in [7, 11) is 0. The van der Waals surface area contributed by atoms with E-state index in [1.54, 1.807) is 0 Å². The van der Waals surface area contributed by atoms with Crippen LogP contribution in [-0.2, 0) is 5.41 Å². The molecule has 0 amide bonds. The maximum Gasteiger partial charge on any atom is 0.0763 e.